The molecule has 0 aromatic carbocycles. The molecule has 68 valence electrons. The van der Waals surface area contributed by atoms with Gasteiger partial charge >= 0.3 is 12.3 Å². The van der Waals surface area contributed by atoms with E-state index in [9.17, 15) is 17.6 Å². The van der Waals surface area contributed by atoms with Crippen LogP contribution in [0, 0.1) is 16.7 Å². The molecule has 0 saturated heterocycles. The molecule has 0 atom stereocenters. The normalized spacial score (nSPS) is 21.7. The second-order valence-electron chi connectivity index (χ2n) is 2.97. The van der Waals surface area contributed by atoms with Gasteiger partial charge in [-0.3, -0.25) is 0 Å². The maximum atomic E-state index is 12.7. The molecule has 1 aliphatic carbocycles. The van der Waals surface area contributed by atoms with Crippen molar-refractivity contribution in [1.29, 1.82) is 5.26 Å². The maximum Gasteiger partial charge on any atom is 0.325 e. The lowest BCUT2D eigenvalue weighted by atomic mass is 9.65. The molecule has 0 heterocycles. The van der Waals surface area contributed by atoms with Gasteiger partial charge in [-0.1, -0.05) is 0 Å². The summed E-state index contributed by atoms with van der Waals surface area (Å²) >= 11 is 0. The number of halogens is 4. The van der Waals surface area contributed by atoms with E-state index < -0.39 is 17.8 Å². The Labute approximate surface area is 67.0 Å². The molecule has 1 nitrogen and oxygen atoms in total. The summed E-state index contributed by atoms with van der Waals surface area (Å²) < 4.78 is 49.0. The van der Waals surface area contributed by atoms with Crippen LogP contribution in [0.25, 0.3) is 0 Å². The van der Waals surface area contributed by atoms with Gasteiger partial charge in [-0.25, -0.2) is 8.78 Å². The largest absolute Gasteiger partial charge is 0.325 e. The second-order valence-corrected chi connectivity index (χ2v) is 2.97. The van der Waals surface area contributed by atoms with E-state index in [1.165, 1.54) is 6.07 Å². The molecule has 0 spiro atoms. The third kappa shape index (κ3) is 0.977. The van der Waals surface area contributed by atoms with E-state index in [1.807, 2.05) is 0 Å². The molecular formula is C7H7F4N. The molecule has 0 radical (unpaired) electrons. The van der Waals surface area contributed by atoms with Gasteiger partial charge in [0.2, 0.25) is 0 Å². The van der Waals surface area contributed by atoms with E-state index in [-0.39, 0.29) is 12.8 Å². The smallest absolute Gasteiger partial charge is 0.204 e. The summed E-state index contributed by atoms with van der Waals surface area (Å²) in [4.78, 5) is 0. The van der Waals surface area contributed by atoms with Crippen molar-refractivity contribution in [3.8, 4) is 6.07 Å². The first kappa shape index (κ1) is 9.30. The Morgan fingerprint density at radius 3 is 1.92 bits per heavy atom. The van der Waals surface area contributed by atoms with Crippen molar-refractivity contribution in [2.24, 2.45) is 5.41 Å². The van der Waals surface area contributed by atoms with Crippen LogP contribution in [0.2, 0.25) is 0 Å². The summed E-state index contributed by atoms with van der Waals surface area (Å²) in [5.74, 6) is -4.15. The summed E-state index contributed by atoms with van der Waals surface area (Å²) in [6.07, 6.45) is -3.56. The van der Waals surface area contributed by atoms with Crippen molar-refractivity contribution in [1.82, 2.24) is 0 Å². The summed E-state index contributed by atoms with van der Waals surface area (Å²) in [5, 5.41) is 8.36. The molecule has 1 saturated carbocycles. The monoisotopic (exact) mass is 181 g/mol. The highest BCUT2D eigenvalue weighted by Crippen LogP contribution is 2.53. The molecule has 1 aliphatic rings. The minimum Gasteiger partial charge on any atom is -0.204 e. The summed E-state index contributed by atoms with van der Waals surface area (Å²) in [6.45, 7) is 0. The molecule has 0 unspecified atom stereocenters. The Bertz CT molecular complexity index is 214. The van der Waals surface area contributed by atoms with Crippen LogP contribution < -0.4 is 0 Å². The number of rotatable bonds is 2. The third-order valence-electron chi connectivity index (χ3n) is 2.33. The van der Waals surface area contributed by atoms with Crippen LogP contribution in [0.5, 0.6) is 0 Å². The topological polar surface area (TPSA) is 23.8 Å². The molecule has 1 fully saturated rings. The van der Waals surface area contributed by atoms with Gasteiger partial charge < -0.3 is 0 Å². The molecule has 0 amide bonds. The molecule has 0 N–H and O–H groups in total. The Hall–Kier alpha value is -0.790. The van der Waals surface area contributed by atoms with Gasteiger partial charge in [0.1, 0.15) is 5.41 Å². The molecule has 0 aromatic heterocycles. The number of hydrogen-bond donors (Lipinski definition) is 0. The molecule has 5 heteroatoms. The van der Waals surface area contributed by atoms with Crippen LogP contribution in [-0.2, 0) is 0 Å². The highest BCUT2D eigenvalue weighted by molar-refractivity contribution is 5.13. The van der Waals surface area contributed by atoms with Crippen LogP contribution in [0.3, 0.4) is 0 Å². The van der Waals surface area contributed by atoms with Crippen molar-refractivity contribution in [3.05, 3.63) is 0 Å². The van der Waals surface area contributed by atoms with Crippen molar-refractivity contribution in [3.63, 3.8) is 0 Å². The van der Waals surface area contributed by atoms with Gasteiger partial charge in [0.05, 0.1) is 6.07 Å². The van der Waals surface area contributed by atoms with Crippen molar-refractivity contribution >= 4 is 0 Å². The SMILES string of the molecule is N#CC1(C(F)(F)C(F)F)CCC1. The standard InChI is InChI=1S/C7H7F4N/c8-5(9)7(10,11)6(4-12)2-1-3-6/h5H,1-3H2. The lowest BCUT2D eigenvalue weighted by Crippen LogP contribution is -2.50. The fourth-order valence-corrected chi connectivity index (χ4v) is 1.26. The zero-order valence-corrected chi connectivity index (χ0v) is 6.16. The predicted molar refractivity (Wildman–Crippen MR) is 32.8 cm³/mol. The fraction of sp³-hybridized carbons (Fsp3) is 0.857. The third-order valence-corrected chi connectivity index (χ3v) is 2.33. The number of hydrogen-bond acceptors (Lipinski definition) is 1. The average molecular weight is 181 g/mol. The molecule has 0 bridgehead atoms. The predicted octanol–water partition coefficient (Wildman–Crippen LogP) is 2.58. The highest BCUT2D eigenvalue weighted by Gasteiger charge is 2.63. The Kier molecular flexibility index (Phi) is 2.02. The van der Waals surface area contributed by atoms with Gasteiger partial charge in [0.25, 0.3) is 0 Å². The fourth-order valence-electron chi connectivity index (χ4n) is 1.26. The van der Waals surface area contributed by atoms with Crippen molar-refractivity contribution in [2.75, 3.05) is 0 Å². The summed E-state index contributed by atoms with van der Waals surface area (Å²) in [7, 11) is 0. The highest BCUT2D eigenvalue weighted by atomic mass is 19.3. The first-order valence-corrected chi connectivity index (χ1v) is 3.53. The van der Waals surface area contributed by atoms with Crippen molar-refractivity contribution in [2.45, 2.75) is 31.6 Å². The van der Waals surface area contributed by atoms with E-state index in [4.69, 9.17) is 5.26 Å². The summed E-state index contributed by atoms with van der Waals surface area (Å²) in [5.41, 5.74) is -2.10. The quantitative estimate of drug-likeness (QED) is 0.600. The van der Waals surface area contributed by atoms with Crippen molar-refractivity contribution < 1.29 is 17.6 Å². The first-order valence-electron chi connectivity index (χ1n) is 3.53. The Balaban J connectivity index is 2.86. The van der Waals surface area contributed by atoms with Crippen LogP contribution in [-0.4, -0.2) is 12.3 Å². The Morgan fingerprint density at radius 2 is 1.83 bits per heavy atom. The van der Waals surface area contributed by atoms with Crippen LogP contribution in [0.15, 0.2) is 0 Å². The molecule has 0 aliphatic heterocycles. The van der Waals surface area contributed by atoms with Gasteiger partial charge in [-0.2, -0.15) is 14.0 Å². The maximum absolute atomic E-state index is 12.7. The molecular weight excluding hydrogens is 174 g/mol. The number of nitrogens with zero attached hydrogens (tertiary/aromatic N) is 1. The first-order chi connectivity index (χ1) is 5.46. The summed E-state index contributed by atoms with van der Waals surface area (Å²) in [6, 6.07) is 1.31. The minimum atomic E-state index is -4.15. The number of alkyl halides is 4. The molecule has 0 aromatic rings. The van der Waals surface area contributed by atoms with Gasteiger partial charge in [0.15, 0.2) is 0 Å². The van der Waals surface area contributed by atoms with Gasteiger partial charge in [0, 0.05) is 0 Å². The second kappa shape index (κ2) is 2.61. The van der Waals surface area contributed by atoms with Crippen LogP contribution in [0.1, 0.15) is 19.3 Å². The zero-order valence-electron chi connectivity index (χ0n) is 6.16. The van der Waals surface area contributed by atoms with E-state index in [2.05, 4.69) is 0 Å². The van der Waals surface area contributed by atoms with Crippen LogP contribution in [0.4, 0.5) is 17.6 Å². The lowest BCUT2D eigenvalue weighted by Gasteiger charge is -2.40. The van der Waals surface area contributed by atoms with E-state index >= 15 is 0 Å². The number of nitriles is 1. The van der Waals surface area contributed by atoms with E-state index in [1.54, 1.807) is 0 Å². The zero-order chi connectivity index (χ0) is 9.41. The molecule has 1 rings (SSSR count). The lowest BCUT2D eigenvalue weighted by molar-refractivity contribution is -0.210. The van der Waals surface area contributed by atoms with Crippen LogP contribution >= 0.6 is 0 Å². The molecule has 12 heavy (non-hydrogen) atoms. The van der Waals surface area contributed by atoms with E-state index in [0.29, 0.717) is 6.42 Å². The van der Waals surface area contributed by atoms with Gasteiger partial charge in [-0.15, -0.1) is 0 Å². The van der Waals surface area contributed by atoms with E-state index in [0.717, 1.165) is 0 Å². The minimum absolute atomic E-state index is 0.124. The van der Waals surface area contributed by atoms with Gasteiger partial charge in [-0.05, 0) is 19.3 Å². The Morgan fingerprint density at radius 1 is 1.33 bits per heavy atom. The average Bonchev–Trinajstić information content (AvgIpc) is 1.85.